The van der Waals surface area contributed by atoms with E-state index in [1.165, 1.54) is 69.3 Å². The number of ether oxygens (including phenoxy) is 4. The lowest BCUT2D eigenvalue weighted by atomic mass is 10.1. The number of hydrogen-bond donors (Lipinski definition) is 4. The van der Waals surface area contributed by atoms with E-state index in [2.05, 4.69) is 10.6 Å². The molecule has 0 bridgehead atoms. The number of amides is 2. The molecule has 2 amide bonds. The topological polar surface area (TPSA) is 285 Å². The highest BCUT2D eigenvalue weighted by atomic mass is 32.2. The Labute approximate surface area is 405 Å². The maximum Gasteiger partial charge on any atom is 0.295 e. The molecule has 22 nitrogen and oxygen atoms in total. The number of nitrogens with one attached hydrogen (secondary N) is 2. The van der Waals surface area contributed by atoms with Gasteiger partial charge in [-0.25, -0.2) is 16.8 Å². The van der Waals surface area contributed by atoms with E-state index in [0.717, 1.165) is 24.3 Å². The molecule has 4 aliphatic heterocycles. The Hall–Kier alpha value is -5.36. The molecule has 4 aromatic rings. The summed E-state index contributed by atoms with van der Waals surface area (Å²) >= 11 is 0. The molecule has 26 heteroatoms. The molecular weight excluding hydrogens is 997 g/mol. The number of carbonyl (C=O) groups excluding carboxylic acids is 2. The van der Waals surface area contributed by atoms with Crippen molar-refractivity contribution in [3.05, 3.63) is 95.1 Å². The van der Waals surface area contributed by atoms with Crippen LogP contribution in [0.4, 0.5) is 22.7 Å². The molecule has 0 spiro atoms. The first-order chi connectivity index (χ1) is 33.3. The van der Waals surface area contributed by atoms with Crippen molar-refractivity contribution in [2.75, 3.05) is 126 Å². The van der Waals surface area contributed by atoms with E-state index in [1.807, 2.05) is 9.80 Å². The molecule has 4 fully saturated rings. The summed E-state index contributed by atoms with van der Waals surface area (Å²) in [5, 5.41) is 5.09. The minimum atomic E-state index is -5.01. The molecule has 8 rings (SSSR count). The Kier molecular flexibility index (Phi) is 15.4. The molecule has 4 N–H and O–H groups in total. The third-order valence-electron chi connectivity index (χ3n) is 11.9. The Morgan fingerprint density at radius 3 is 1.10 bits per heavy atom. The Morgan fingerprint density at radius 2 is 0.771 bits per heavy atom. The zero-order valence-corrected chi connectivity index (χ0v) is 40.7. The van der Waals surface area contributed by atoms with E-state index >= 15 is 0 Å². The van der Waals surface area contributed by atoms with Crippen molar-refractivity contribution < 1.29 is 71.3 Å². The number of morpholine rings is 4. The third-order valence-corrected chi connectivity index (χ3v) is 17.5. The lowest BCUT2D eigenvalue weighted by Crippen LogP contribution is -2.42. The number of rotatable bonds is 14. The summed E-state index contributed by atoms with van der Waals surface area (Å²) in [5.41, 5.74) is 0.0730. The van der Waals surface area contributed by atoms with Crippen molar-refractivity contribution in [2.45, 2.75) is 19.6 Å². The highest BCUT2D eigenvalue weighted by Gasteiger charge is 2.34. The monoisotopic (exact) mass is 1050 g/mol. The molecular formula is C44H50N6O16S4. The van der Waals surface area contributed by atoms with Crippen LogP contribution in [0.1, 0.15) is 31.8 Å². The van der Waals surface area contributed by atoms with E-state index in [9.17, 15) is 52.4 Å². The van der Waals surface area contributed by atoms with Crippen molar-refractivity contribution in [2.24, 2.45) is 0 Å². The van der Waals surface area contributed by atoms with Gasteiger partial charge < -0.3 is 39.4 Å². The van der Waals surface area contributed by atoms with E-state index < -0.39 is 61.9 Å². The zero-order valence-electron chi connectivity index (χ0n) is 37.4. The number of anilines is 4. The van der Waals surface area contributed by atoms with Crippen LogP contribution < -0.4 is 20.4 Å². The van der Waals surface area contributed by atoms with Crippen LogP contribution in [0.5, 0.6) is 0 Å². The molecule has 4 heterocycles. The predicted octanol–water partition coefficient (Wildman–Crippen LogP) is 2.57. The molecule has 0 atom stereocenters. The SMILES string of the molecule is O=C(Nc1ccc(/C=C/c2ccc(NC(=O)c3ccc(N4CCOCC4)c(S(=O)(=O)N4CCOCC4)c3)cc2S(=O)(=O)O)c(S(=O)(=O)O)c1)c1ccc(N2CCOCC2)c(S(=O)(=O)N2CCOCC2)c1. The van der Waals surface area contributed by atoms with Crippen LogP contribution >= 0.6 is 0 Å². The lowest BCUT2D eigenvalue weighted by molar-refractivity contribution is 0.0730. The van der Waals surface area contributed by atoms with Crippen LogP contribution in [-0.4, -0.2) is 168 Å². The van der Waals surface area contributed by atoms with E-state index in [0.29, 0.717) is 64.0 Å². The molecule has 4 aliphatic rings. The molecule has 4 aromatic carbocycles. The zero-order chi connectivity index (χ0) is 49.8. The maximum absolute atomic E-state index is 14.0. The average Bonchev–Trinajstić information content (AvgIpc) is 3.36. The van der Waals surface area contributed by atoms with Gasteiger partial charge in [0, 0.05) is 74.9 Å². The van der Waals surface area contributed by atoms with Crippen molar-refractivity contribution in [3.63, 3.8) is 0 Å². The van der Waals surface area contributed by atoms with Gasteiger partial charge in [0.25, 0.3) is 32.1 Å². The van der Waals surface area contributed by atoms with Crippen LogP contribution in [0.15, 0.2) is 92.4 Å². The molecule has 70 heavy (non-hydrogen) atoms. The minimum absolute atomic E-state index is 0.0678. The molecule has 4 saturated heterocycles. The summed E-state index contributed by atoms with van der Waals surface area (Å²) in [4.78, 5) is 29.4. The van der Waals surface area contributed by atoms with Gasteiger partial charge in [-0.1, -0.05) is 24.3 Å². The van der Waals surface area contributed by atoms with Gasteiger partial charge in [0.05, 0.1) is 64.2 Å². The van der Waals surface area contributed by atoms with Crippen LogP contribution in [-0.2, 0) is 59.2 Å². The second kappa shape index (κ2) is 21.2. The van der Waals surface area contributed by atoms with Gasteiger partial charge in [0.15, 0.2) is 0 Å². The summed E-state index contributed by atoms with van der Waals surface area (Å²) < 4.78 is 151. The lowest BCUT2D eigenvalue weighted by Gasteiger charge is -2.32. The van der Waals surface area contributed by atoms with Crippen molar-refractivity contribution >= 4 is 87.0 Å². The number of nitrogens with zero attached hydrogens (tertiary/aromatic N) is 4. The van der Waals surface area contributed by atoms with Crippen molar-refractivity contribution in [1.29, 1.82) is 0 Å². The van der Waals surface area contributed by atoms with E-state index in [-0.39, 0.29) is 96.0 Å². The first kappa shape index (κ1) is 51.0. The summed E-state index contributed by atoms with van der Waals surface area (Å²) in [6.07, 6.45) is 2.27. The fourth-order valence-electron chi connectivity index (χ4n) is 8.24. The second-order valence-corrected chi connectivity index (χ2v) is 22.9. The number of benzene rings is 4. The van der Waals surface area contributed by atoms with Gasteiger partial charge in [-0.3, -0.25) is 18.7 Å². The second-order valence-electron chi connectivity index (χ2n) is 16.3. The van der Waals surface area contributed by atoms with E-state index in [1.54, 1.807) is 0 Å². The summed E-state index contributed by atoms with van der Waals surface area (Å²) in [6.45, 7) is 4.39. The van der Waals surface area contributed by atoms with Gasteiger partial charge in [0.1, 0.15) is 19.6 Å². The first-order valence-electron chi connectivity index (χ1n) is 21.9. The minimum Gasteiger partial charge on any atom is -0.379 e. The summed E-state index contributed by atoms with van der Waals surface area (Å²) in [6, 6.07) is 15.3. The highest BCUT2D eigenvalue weighted by molar-refractivity contribution is 7.89. The standard InChI is InChI=1S/C44H50N6O16S4/c51-43(33-5-9-37(47-11-19-63-20-12-47)41(27-33)67(53,54)49-15-23-65-24-16-49)45-35-7-3-31(39(29-35)69(57,58)59)1-2-32-4-8-36(30-40(32)70(60,61)62)46-44(52)34-6-10-38(48-13-21-64-22-14-48)42(28-34)68(55,56)50-17-25-66-26-18-50/h1-10,27-30H,11-26H2,(H,45,51)(H,46,52)(H,57,58,59)(H,60,61,62)/b2-1+. The number of hydrogen-bond acceptors (Lipinski definition) is 16. The normalized spacial score (nSPS) is 18.2. The van der Waals surface area contributed by atoms with Crippen molar-refractivity contribution in [3.8, 4) is 0 Å². The third kappa shape index (κ3) is 11.5. The molecule has 0 unspecified atom stereocenters. The van der Waals surface area contributed by atoms with Crippen LogP contribution in [0, 0.1) is 0 Å². The maximum atomic E-state index is 14.0. The number of carbonyl (C=O) groups is 2. The van der Waals surface area contributed by atoms with Gasteiger partial charge >= 0.3 is 0 Å². The Morgan fingerprint density at radius 1 is 0.443 bits per heavy atom. The van der Waals surface area contributed by atoms with Crippen molar-refractivity contribution in [1.82, 2.24) is 8.61 Å². The first-order valence-corrected chi connectivity index (χ1v) is 27.7. The summed E-state index contributed by atoms with van der Waals surface area (Å²) in [7, 11) is -18.2. The van der Waals surface area contributed by atoms with Gasteiger partial charge in [-0.05, 0) is 71.8 Å². The fourth-order valence-corrected chi connectivity index (χ4v) is 12.9. The number of sulfonamides is 2. The van der Waals surface area contributed by atoms with Gasteiger partial charge in [-0.15, -0.1) is 0 Å². The van der Waals surface area contributed by atoms with Crippen LogP contribution in [0.25, 0.3) is 12.2 Å². The Balaban J connectivity index is 1.03. The Bertz CT molecular complexity index is 2920. The highest BCUT2D eigenvalue weighted by Crippen LogP contribution is 2.34. The quantitative estimate of drug-likeness (QED) is 0.104. The van der Waals surface area contributed by atoms with Crippen LogP contribution in [0.3, 0.4) is 0 Å². The molecule has 0 aliphatic carbocycles. The molecule has 376 valence electrons. The predicted molar refractivity (Wildman–Crippen MR) is 255 cm³/mol. The smallest absolute Gasteiger partial charge is 0.295 e. The summed E-state index contributed by atoms with van der Waals surface area (Å²) in [5.74, 6) is -1.60. The molecule has 0 radical (unpaired) electrons. The largest absolute Gasteiger partial charge is 0.379 e. The van der Waals surface area contributed by atoms with Crippen LogP contribution in [0.2, 0.25) is 0 Å². The van der Waals surface area contributed by atoms with Gasteiger partial charge in [-0.2, -0.15) is 25.4 Å². The molecule has 0 aromatic heterocycles. The van der Waals surface area contributed by atoms with E-state index in [4.69, 9.17) is 18.9 Å². The fraction of sp³-hybridized carbons (Fsp3) is 0.364. The average molecular weight is 1050 g/mol. The molecule has 0 saturated carbocycles. The van der Waals surface area contributed by atoms with Gasteiger partial charge in [0.2, 0.25) is 20.0 Å².